The average Bonchev–Trinajstić information content (AvgIpc) is 3.24. The zero-order chi connectivity index (χ0) is 30.9. The van der Waals surface area contributed by atoms with Crippen LogP contribution in [0.25, 0.3) is 0 Å². The number of halogens is 3. The Kier molecular flexibility index (Phi) is 9.20. The van der Waals surface area contributed by atoms with Gasteiger partial charge in [-0.1, -0.05) is 19.1 Å². The first-order valence-corrected chi connectivity index (χ1v) is 14.5. The van der Waals surface area contributed by atoms with Crippen molar-refractivity contribution in [3.63, 3.8) is 0 Å². The lowest BCUT2D eigenvalue weighted by Crippen LogP contribution is -2.32. The molecule has 2 unspecified atom stereocenters. The van der Waals surface area contributed by atoms with E-state index in [9.17, 15) is 36.6 Å². The van der Waals surface area contributed by atoms with Gasteiger partial charge in [-0.05, 0) is 51.8 Å². The SMILES string of the molecule is CCc1c(C(=O)NC(CO)c2ccc(S(C)(=O)=O)cc2)nn(C(C)(C)C)c1Oc1cncc(C(C)O)c1C(F)(F)F. The quantitative estimate of drug-likeness (QED) is 0.330. The highest BCUT2D eigenvalue weighted by atomic mass is 32.2. The number of nitrogens with zero attached hydrogens (tertiary/aromatic N) is 3. The minimum Gasteiger partial charge on any atom is -0.437 e. The van der Waals surface area contributed by atoms with Crippen molar-refractivity contribution in [2.75, 3.05) is 12.9 Å². The number of nitrogens with one attached hydrogen (secondary N) is 1. The molecule has 224 valence electrons. The molecule has 1 aromatic carbocycles. The number of alkyl halides is 3. The summed E-state index contributed by atoms with van der Waals surface area (Å²) in [5.74, 6) is -1.51. The van der Waals surface area contributed by atoms with Crippen molar-refractivity contribution in [1.82, 2.24) is 20.1 Å². The second-order valence-corrected chi connectivity index (χ2v) is 12.5. The van der Waals surface area contributed by atoms with Crippen molar-refractivity contribution in [2.24, 2.45) is 0 Å². The smallest absolute Gasteiger partial charge is 0.420 e. The van der Waals surface area contributed by atoms with Crippen LogP contribution in [0.3, 0.4) is 0 Å². The molecule has 2 aromatic heterocycles. The summed E-state index contributed by atoms with van der Waals surface area (Å²) in [6.07, 6.45) is -3.37. The molecule has 0 aliphatic rings. The highest BCUT2D eigenvalue weighted by Gasteiger charge is 2.40. The predicted molar refractivity (Wildman–Crippen MR) is 143 cm³/mol. The average molecular weight is 599 g/mol. The topological polar surface area (TPSA) is 144 Å². The van der Waals surface area contributed by atoms with Crippen molar-refractivity contribution >= 4 is 15.7 Å². The Balaban J connectivity index is 2.08. The molecule has 0 saturated carbocycles. The number of hydrogen-bond donors (Lipinski definition) is 3. The zero-order valence-corrected chi connectivity index (χ0v) is 24.3. The number of benzene rings is 1. The number of hydrogen-bond acceptors (Lipinski definition) is 8. The Bertz CT molecular complexity index is 1510. The first-order chi connectivity index (χ1) is 18.9. The molecule has 0 saturated heterocycles. The molecular formula is C27H33F3N4O6S. The van der Waals surface area contributed by atoms with E-state index in [1.807, 2.05) is 0 Å². The van der Waals surface area contributed by atoms with Crippen LogP contribution < -0.4 is 10.1 Å². The van der Waals surface area contributed by atoms with Gasteiger partial charge in [0.25, 0.3) is 5.91 Å². The third kappa shape index (κ3) is 7.05. The zero-order valence-electron chi connectivity index (χ0n) is 23.4. The van der Waals surface area contributed by atoms with Crippen LogP contribution in [0.5, 0.6) is 11.6 Å². The fourth-order valence-electron chi connectivity index (χ4n) is 4.16. The van der Waals surface area contributed by atoms with Crippen LogP contribution in [0.4, 0.5) is 13.2 Å². The number of ether oxygens (including phenoxy) is 1. The maximum Gasteiger partial charge on any atom is 0.420 e. The van der Waals surface area contributed by atoms with Crippen molar-refractivity contribution in [3.8, 4) is 11.6 Å². The summed E-state index contributed by atoms with van der Waals surface area (Å²) in [5, 5.41) is 27.0. The van der Waals surface area contributed by atoms with Crippen LogP contribution >= 0.6 is 0 Å². The maximum atomic E-state index is 14.1. The summed E-state index contributed by atoms with van der Waals surface area (Å²) in [4.78, 5) is 17.3. The summed E-state index contributed by atoms with van der Waals surface area (Å²) in [6, 6.07) is 4.69. The standard InChI is InChI=1S/C27H33F3N4O6S/c1-7-18-23(24(37)32-20(14-35)16-8-10-17(11-9-16)41(6,38)39)33-34(26(3,4)5)25(18)40-21-13-31-12-19(15(2)36)22(21)27(28,29)30/h8-13,15,20,35-36H,7,14H2,1-6H3,(H,32,37). The molecule has 3 rings (SSSR count). The Morgan fingerprint density at radius 1 is 1.15 bits per heavy atom. The molecule has 10 nitrogen and oxygen atoms in total. The molecule has 14 heteroatoms. The van der Waals surface area contributed by atoms with Crippen molar-refractivity contribution in [1.29, 1.82) is 0 Å². The van der Waals surface area contributed by atoms with Crippen LogP contribution in [-0.2, 0) is 28.0 Å². The van der Waals surface area contributed by atoms with Crippen LogP contribution in [0.2, 0.25) is 0 Å². The second kappa shape index (κ2) is 11.8. The number of aliphatic hydroxyl groups excluding tert-OH is 2. The molecular weight excluding hydrogens is 565 g/mol. The van der Waals surface area contributed by atoms with Gasteiger partial charge in [-0.3, -0.25) is 9.78 Å². The van der Waals surface area contributed by atoms with E-state index in [4.69, 9.17) is 4.74 Å². The highest BCUT2D eigenvalue weighted by molar-refractivity contribution is 7.90. The molecule has 0 radical (unpaired) electrons. The molecule has 3 aromatic rings. The first-order valence-electron chi connectivity index (χ1n) is 12.6. The van der Waals surface area contributed by atoms with Crippen molar-refractivity contribution in [2.45, 2.75) is 69.8 Å². The summed E-state index contributed by atoms with van der Waals surface area (Å²) in [5.41, 5.74) is -2.01. The molecule has 0 bridgehead atoms. The number of carbonyl (C=O) groups is 1. The molecule has 2 heterocycles. The van der Waals surface area contributed by atoms with E-state index in [0.29, 0.717) is 5.56 Å². The summed E-state index contributed by atoms with van der Waals surface area (Å²) < 4.78 is 72.9. The number of amides is 1. The van der Waals surface area contributed by atoms with Gasteiger partial charge in [0.2, 0.25) is 5.88 Å². The fourth-order valence-corrected chi connectivity index (χ4v) is 4.79. The number of sulfone groups is 1. The summed E-state index contributed by atoms with van der Waals surface area (Å²) >= 11 is 0. The normalized spacial score (nSPS) is 14.0. The Labute approximate surface area is 236 Å². The van der Waals surface area contributed by atoms with E-state index in [1.54, 1.807) is 27.7 Å². The summed E-state index contributed by atoms with van der Waals surface area (Å²) in [7, 11) is -3.45. The van der Waals surface area contributed by atoms with Crippen LogP contribution in [0.1, 0.15) is 79.5 Å². The van der Waals surface area contributed by atoms with Crippen LogP contribution in [0.15, 0.2) is 41.6 Å². The lowest BCUT2D eigenvalue weighted by atomic mass is 10.0. The van der Waals surface area contributed by atoms with Gasteiger partial charge in [-0.15, -0.1) is 0 Å². The van der Waals surface area contributed by atoms with Gasteiger partial charge in [-0.2, -0.15) is 18.3 Å². The van der Waals surface area contributed by atoms with E-state index in [-0.39, 0.29) is 28.5 Å². The van der Waals surface area contributed by atoms with Gasteiger partial charge < -0.3 is 20.3 Å². The third-order valence-electron chi connectivity index (χ3n) is 6.22. The molecule has 1 amide bonds. The lowest BCUT2D eigenvalue weighted by molar-refractivity contribution is -0.140. The largest absolute Gasteiger partial charge is 0.437 e. The molecule has 0 spiro atoms. The molecule has 0 aliphatic carbocycles. The van der Waals surface area contributed by atoms with Crippen LogP contribution in [-0.4, -0.2) is 52.2 Å². The monoisotopic (exact) mass is 598 g/mol. The number of aromatic nitrogens is 3. The number of carbonyl (C=O) groups excluding carboxylic acids is 1. The minimum atomic E-state index is -4.88. The molecule has 0 aliphatic heterocycles. The molecule has 2 atom stereocenters. The Morgan fingerprint density at radius 3 is 2.22 bits per heavy atom. The summed E-state index contributed by atoms with van der Waals surface area (Å²) in [6.45, 7) is 7.51. The Hall–Kier alpha value is -3.49. The van der Waals surface area contributed by atoms with Crippen molar-refractivity contribution < 1.29 is 41.3 Å². The van der Waals surface area contributed by atoms with Gasteiger partial charge in [0, 0.05) is 23.6 Å². The maximum absolute atomic E-state index is 14.1. The van der Waals surface area contributed by atoms with E-state index in [2.05, 4.69) is 15.4 Å². The van der Waals surface area contributed by atoms with E-state index < -0.39 is 63.1 Å². The van der Waals surface area contributed by atoms with Crippen molar-refractivity contribution in [3.05, 3.63) is 64.6 Å². The van der Waals surface area contributed by atoms with E-state index in [1.165, 1.54) is 35.9 Å². The third-order valence-corrected chi connectivity index (χ3v) is 7.35. The number of pyridine rings is 1. The van der Waals surface area contributed by atoms with Gasteiger partial charge in [0.05, 0.1) is 35.4 Å². The van der Waals surface area contributed by atoms with Gasteiger partial charge in [0.1, 0.15) is 5.56 Å². The molecule has 3 N–H and O–H groups in total. The fraction of sp³-hybridized carbons (Fsp3) is 0.444. The van der Waals surface area contributed by atoms with E-state index >= 15 is 0 Å². The minimum absolute atomic E-state index is 0.0654. The number of aliphatic hydroxyl groups is 2. The number of rotatable bonds is 9. The second-order valence-electron chi connectivity index (χ2n) is 10.5. The predicted octanol–water partition coefficient (Wildman–Crippen LogP) is 4.33. The lowest BCUT2D eigenvalue weighted by Gasteiger charge is -2.24. The molecule has 41 heavy (non-hydrogen) atoms. The Morgan fingerprint density at radius 2 is 1.76 bits per heavy atom. The molecule has 0 fully saturated rings. The van der Waals surface area contributed by atoms with Gasteiger partial charge >= 0.3 is 6.18 Å². The van der Waals surface area contributed by atoms with E-state index in [0.717, 1.165) is 18.6 Å². The van der Waals surface area contributed by atoms with Gasteiger partial charge in [0.15, 0.2) is 21.3 Å². The van der Waals surface area contributed by atoms with Crippen LogP contribution in [0, 0.1) is 0 Å². The first kappa shape index (κ1) is 32.0. The highest BCUT2D eigenvalue weighted by Crippen LogP contribution is 2.43. The van der Waals surface area contributed by atoms with Gasteiger partial charge in [-0.25, -0.2) is 13.1 Å².